The molecule has 1 aromatic heterocycles. The Kier molecular flexibility index (Phi) is 3.46. The van der Waals surface area contributed by atoms with Gasteiger partial charge in [-0.2, -0.15) is 0 Å². The van der Waals surface area contributed by atoms with Gasteiger partial charge < -0.3 is 10.2 Å². The number of anilines is 1. The fraction of sp³-hybridized carbons (Fsp3) is 0.533. The van der Waals surface area contributed by atoms with Gasteiger partial charge in [-0.15, -0.1) is 11.3 Å². The molecule has 1 aromatic carbocycles. The summed E-state index contributed by atoms with van der Waals surface area (Å²) in [6.45, 7) is 7.92. The number of hydrogen-bond acceptors (Lipinski definition) is 4. The first kappa shape index (κ1) is 12.9. The van der Waals surface area contributed by atoms with Gasteiger partial charge in [0.2, 0.25) is 0 Å². The maximum Gasteiger partial charge on any atom is 0.0813 e. The van der Waals surface area contributed by atoms with Crippen molar-refractivity contribution >= 4 is 27.2 Å². The Balaban J connectivity index is 1.90. The van der Waals surface area contributed by atoms with Crippen LogP contribution in [0, 0.1) is 0 Å². The van der Waals surface area contributed by atoms with Gasteiger partial charge in [-0.1, -0.05) is 6.92 Å². The number of hydrogen-bond donors (Lipinski definition) is 1. The standard InChI is InChI=1S/C15H21N3S/c1-3-15(2)10-18(8-4-7-17-15)12-5-6-13-14(9-12)19-11-16-13/h5-6,9,11,17H,3-4,7-8,10H2,1-2H3. The van der Waals surface area contributed by atoms with Crippen LogP contribution >= 0.6 is 11.3 Å². The van der Waals surface area contributed by atoms with E-state index in [9.17, 15) is 0 Å². The van der Waals surface area contributed by atoms with Gasteiger partial charge in [0.15, 0.2) is 0 Å². The number of thiazole rings is 1. The molecule has 3 nitrogen and oxygen atoms in total. The highest BCUT2D eigenvalue weighted by molar-refractivity contribution is 7.16. The summed E-state index contributed by atoms with van der Waals surface area (Å²) >= 11 is 1.72. The molecule has 0 spiro atoms. The van der Waals surface area contributed by atoms with Crippen LogP contribution in [0.3, 0.4) is 0 Å². The van der Waals surface area contributed by atoms with E-state index in [2.05, 4.69) is 47.2 Å². The molecule has 2 heterocycles. The molecule has 0 bridgehead atoms. The third-order valence-electron chi connectivity index (χ3n) is 4.16. The largest absolute Gasteiger partial charge is 0.370 e. The van der Waals surface area contributed by atoms with Crippen molar-refractivity contribution in [2.75, 3.05) is 24.5 Å². The van der Waals surface area contributed by atoms with Gasteiger partial charge in [0.1, 0.15) is 0 Å². The Labute approximate surface area is 118 Å². The van der Waals surface area contributed by atoms with Crippen LogP contribution in [0.1, 0.15) is 26.7 Å². The average molecular weight is 275 g/mol. The highest BCUT2D eigenvalue weighted by atomic mass is 32.1. The number of fused-ring (bicyclic) bond motifs is 1. The molecule has 0 aliphatic carbocycles. The lowest BCUT2D eigenvalue weighted by atomic mass is 9.98. The number of benzene rings is 1. The first-order chi connectivity index (χ1) is 9.20. The van der Waals surface area contributed by atoms with E-state index in [0.717, 1.165) is 31.6 Å². The van der Waals surface area contributed by atoms with Crippen molar-refractivity contribution in [1.82, 2.24) is 10.3 Å². The van der Waals surface area contributed by atoms with Crippen LogP contribution in [-0.2, 0) is 0 Å². The summed E-state index contributed by atoms with van der Waals surface area (Å²) in [4.78, 5) is 6.87. The van der Waals surface area contributed by atoms with Gasteiger partial charge in [-0.05, 0) is 44.5 Å². The fourth-order valence-corrected chi connectivity index (χ4v) is 3.42. The molecule has 1 aliphatic heterocycles. The number of nitrogens with one attached hydrogen (secondary N) is 1. The van der Waals surface area contributed by atoms with Gasteiger partial charge >= 0.3 is 0 Å². The highest BCUT2D eigenvalue weighted by Gasteiger charge is 2.27. The maximum atomic E-state index is 4.36. The predicted molar refractivity (Wildman–Crippen MR) is 83.1 cm³/mol. The molecule has 1 fully saturated rings. The van der Waals surface area contributed by atoms with Gasteiger partial charge in [0, 0.05) is 24.3 Å². The number of aromatic nitrogens is 1. The van der Waals surface area contributed by atoms with Gasteiger partial charge in [0.25, 0.3) is 0 Å². The van der Waals surface area contributed by atoms with Crippen LogP contribution in [-0.4, -0.2) is 30.2 Å². The van der Waals surface area contributed by atoms with Crippen LogP contribution in [0.25, 0.3) is 10.2 Å². The second kappa shape index (κ2) is 5.10. The normalized spacial score (nSPS) is 24.6. The Morgan fingerprint density at radius 1 is 1.47 bits per heavy atom. The highest BCUT2D eigenvalue weighted by Crippen LogP contribution is 2.27. The van der Waals surface area contributed by atoms with Crippen LogP contribution in [0.2, 0.25) is 0 Å². The summed E-state index contributed by atoms with van der Waals surface area (Å²) in [6.07, 6.45) is 2.36. The zero-order chi connectivity index (χ0) is 13.3. The van der Waals surface area contributed by atoms with E-state index in [1.165, 1.54) is 16.8 Å². The molecule has 19 heavy (non-hydrogen) atoms. The smallest absolute Gasteiger partial charge is 0.0813 e. The van der Waals surface area contributed by atoms with Crippen LogP contribution in [0.5, 0.6) is 0 Å². The third-order valence-corrected chi connectivity index (χ3v) is 4.95. The van der Waals surface area contributed by atoms with Gasteiger partial charge in [0.05, 0.1) is 15.7 Å². The molecule has 1 atom stereocenters. The fourth-order valence-electron chi connectivity index (χ4n) is 2.71. The molecule has 2 aromatic rings. The van der Waals surface area contributed by atoms with E-state index in [1.54, 1.807) is 11.3 Å². The number of nitrogens with zero attached hydrogens (tertiary/aromatic N) is 2. The van der Waals surface area contributed by atoms with Crippen molar-refractivity contribution < 1.29 is 0 Å². The molecular weight excluding hydrogens is 254 g/mol. The summed E-state index contributed by atoms with van der Waals surface area (Å²) in [5, 5.41) is 3.69. The van der Waals surface area contributed by atoms with Crippen LogP contribution in [0.15, 0.2) is 23.7 Å². The van der Waals surface area contributed by atoms with Gasteiger partial charge in [-0.25, -0.2) is 4.98 Å². The summed E-state index contributed by atoms with van der Waals surface area (Å²) < 4.78 is 1.29. The average Bonchev–Trinajstić information content (AvgIpc) is 2.80. The van der Waals surface area contributed by atoms with E-state index < -0.39 is 0 Å². The molecule has 1 aliphatic rings. The molecule has 0 radical (unpaired) electrons. The minimum Gasteiger partial charge on any atom is -0.370 e. The van der Waals surface area contributed by atoms with Crippen molar-refractivity contribution in [2.45, 2.75) is 32.2 Å². The topological polar surface area (TPSA) is 28.2 Å². The molecule has 1 N–H and O–H groups in total. The third kappa shape index (κ3) is 2.60. The summed E-state index contributed by atoms with van der Waals surface area (Å²) in [5.41, 5.74) is 4.59. The molecule has 0 saturated carbocycles. The Hall–Kier alpha value is -1.13. The molecular formula is C15H21N3S. The Morgan fingerprint density at radius 3 is 3.21 bits per heavy atom. The SMILES string of the molecule is CCC1(C)CN(c2ccc3ncsc3c2)CCCN1. The molecule has 3 rings (SSSR count). The molecule has 4 heteroatoms. The van der Waals surface area contributed by atoms with E-state index in [4.69, 9.17) is 0 Å². The molecule has 1 saturated heterocycles. The van der Waals surface area contributed by atoms with E-state index in [0.29, 0.717) is 0 Å². The first-order valence-electron chi connectivity index (χ1n) is 7.03. The van der Waals surface area contributed by atoms with Crippen molar-refractivity contribution in [1.29, 1.82) is 0 Å². The van der Waals surface area contributed by atoms with Crippen LogP contribution < -0.4 is 10.2 Å². The summed E-state index contributed by atoms with van der Waals surface area (Å²) in [5.74, 6) is 0. The predicted octanol–water partition coefficient (Wildman–Crippen LogP) is 3.26. The quantitative estimate of drug-likeness (QED) is 0.912. The van der Waals surface area contributed by atoms with Crippen molar-refractivity contribution in [3.8, 4) is 0 Å². The lowest BCUT2D eigenvalue weighted by molar-refractivity contribution is 0.366. The monoisotopic (exact) mass is 275 g/mol. The van der Waals surface area contributed by atoms with Crippen molar-refractivity contribution in [3.63, 3.8) is 0 Å². The maximum absolute atomic E-state index is 4.36. The lowest BCUT2D eigenvalue weighted by Gasteiger charge is -2.33. The zero-order valence-corrected chi connectivity index (χ0v) is 12.5. The summed E-state index contributed by atoms with van der Waals surface area (Å²) in [7, 11) is 0. The van der Waals surface area contributed by atoms with E-state index >= 15 is 0 Å². The van der Waals surface area contributed by atoms with Gasteiger partial charge in [-0.3, -0.25) is 0 Å². The van der Waals surface area contributed by atoms with Crippen molar-refractivity contribution in [3.05, 3.63) is 23.7 Å². The molecule has 0 amide bonds. The number of rotatable bonds is 2. The second-order valence-corrected chi connectivity index (χ2v) is 6.51. The van der Waals surface area contributed by atoms with E-state index in [-0.39, 0.29) is 5.54 Å². The zero-order valence-electron chi connectivity index (χ0n) is 11.6. The first-order valence-corrected chi connectivity index (χ1v) is 7.91. The van der Waals surface area contributed by atoms with Crippen molar-refractivity contribution in [2.24, 2.45) is 0 Å². The molecule has 1 unspecified atom stereocenters. The Bertz CT molecular complexity index is 565. The molecule has 102 valence electrons. The summed E-state index contributed by atoms with van der Waals surface area (Å²) in [6, 6.07) is 6.64. The lowest BCUT2D eigenvalue weighted by Crippen LogP contribution is -2.48. The van der Waals surface area contributed by atoms with E-state index in [1.807, 2.05) is 5.51 Å². The Morgan fingerprint density at radius 2 is 2.37 bits per heavy atom. The second-order valence-electron chi connectivity index (χ2n) is 5.62. The minimum atomic E-state index is 0.221. The minimum absolute atomic E-state index is 0.221. The van der Waals surface area contributed by atoms with Crippen LogP contribution in [0.4, 0.5) is 5.69 Å².